The van der Waals surface area contributed by atoms with Gasteiger partial charge in [-0.2, -0.15) is 0 Å². The Morgan fingerprint density at radius 1 is 1.37 bits per heavy atom. The molecule has 0 bridgehead atoms. The van der Waals surface area contributed by atoms with Crippen LogP contribution in [0.25, 0.3) is 0 Å². The van der Waals surface area contributed by atoms with Gasteiger partial charge in [-0.05, 0) is 6.42 Å². The second-order valence-corrected chi connectivity index (χ2v) is 4.97. The summed E-state index contributed by atoms with van der Waals surface area (Å²) in [5, 5.41) is 11.9. The van der Waals surface area contributed by atoms with Gasteiger partial charge in [0.05, 0.1) is 6.54 Å². The molecule has 0 aromatic heterocycles. The molecule has 0 spiro atoms. The van der Waals surface area contributed by atoms with Crippen molar-refractivity contribution in [3.8, 4) is 0 Å². The van der Waals surface area contributed by atoms with Gasteiger partial charge in [0.15, 0.2) is 0 Å². The van der Waals surface area contributed by atoms with Crippen LogP contribution in [0, 0.1) is 0 Å². The van der Waals surface area contributed by atoms with Gasteiger partial charge in [0.2, 0.25) is 11.8 Å². The lowest BCUT2D eigenvalue weighted by atomic mass is 9.90. The van der Waals surface area contributed by atoms with Gasteiger partial charge in [-0.3, -0.25) is 9.59 Å². The van der Waals surface area contributed by atoms with Crippen molar-refractivity contribution in [1.82, 2.24) is 10.2 Å². The molecule has 2 saturated heterocycles. The number of likely N-dealkylation sites (tertiary alicyclic amines) is 1. The van der Waals surface area contributed by atoms with Gasteiger partial charge >= 0.3 is 5.97 Å². The summed E-state index contributed by atoms with van der Waals surface area (Å²) in [6.45, 7) is 1.13. The van der Waals surface area contributed by atoms with Crippen LogP contribution in [0.5, 0.6) is 0 Å². The predicted octanol–water partition coefficient (Wildman–Crippen LogP) is -0.641. The number of carbonyl (C=O) groups excluding carboxylic acids is 2. The zero-order chi connectivity index (χ0) is 13.9. The number of nitrogens with one attached hydrogen (secondary N) is 1. The number of rotatable bonds is 4. The third-order valence-electron chi connectivity index (χ3n) is 3.64. The Morgan fingerprint density at radius 2 is 2.05 bits per heavy atom. The minimum Gasteiger partial charge on any atom is -0.480 e. The van der Waals surface area contributed by atoms with Gasteiger partial charge in [0, 0.05) is 39.0 Å². The van der Waals surface area contributed by atoms with Crippen LogP contribution >= 0.6 is 0 Å². The highest BCUT2D eigenvalue weighted by atomic mass is 16.5. The van der Waals surface area contributed by atoms with Gasteiger partial charge < -0.3 is 20.1 Å². The quantitative estimate of drug-likeness (QED) is 0.708. The van der Waals surface area contributed by atoms with E-state index in [9.17, 15) is 19.5 Å². The summed E-state index contributed by atoms with van der Waals surface area (Å²) in [5.41, 5.74) is -1.25. The first-order chi connectivity index (χ1) is 9.03. The molecule has 2 fully saturated rings. The Bertz CT molecular complexity index is 390. The maximum absolute atomic E-state index is 11.9. The Balaban J connectivity index is 1.95. The fraction of sp³-hybridized carbons (Fsp3) is 0.750. The maximum Gasteiger partial charge on any atom is 0.329 e. The number of aliphatic carboxylic acids is 1. The number of carboxylic acids is 1. The van der Waals surface area contributed by atoms with Crippen LogP contribution in [0.3, 0.4) is 0 Å². The highest BCUT2D eigenvalue weighted by molar-refractivity contribution is 5.90. The van der Waals surface area contributed by atoms with E-state index in [0.29, 0.717) is 26.2 Å². The molecule has 106 valence electrons. The summed E-state index contributed by atoms with van der Waals surface area (Å²) in [4.78, 5) is 36.2. The summed E-state index contributed by atoms with van der Waals surface area (Å²) < 4.78 is 5.13. The number of hydrogen-bond acceptors (Lipinski definition) is 4. The SMILES string of the molecule is O=C(CN1CCCC1=O)NC1(C(=O)O)CCOCC1. The molecule has 7 nitrogen and oxygen atoms in total. The first-order valence-electron chi connectivity index (χ1n) is 6.43. The van der Waals surface area contributed by atoms with Crippen LogP contribution in [0.2, 0.25) is 0 Å². The van der Waals surface area contributed by atoms with Gasteiger partial charge in [-0.1, -0.05) is 0 Å². The number of carboxylic acid groups (broad SMARTS) is 1. The second kappa shape index (κ2) is 5.56. The summed E-state index contributed by atoms with van der Waals surface area (Å²) in [6.07, 6.45) is 1.72. The number of carbonyl (C=O) groups is 3. The van der Waals surface area contributed by atoms with Crippen molar-refractivity contribution >= 4 is 17.8 Å². The molecular formula is C12H18N2O5. The van der Waals surface area contributed by atoms with Crippen LogP contribution in [0.4, 0.5) is 0 Å². The molecule has 0 aromatic carbocycles. The minimum absolute atomic E-state index is 0.0495. The molecule has 0 saturated carbocycles. The van der Waals surface area contributed by atoms with E-state index in [2.05, 4.69) is 5.32 Å². The Labute approximate surface area is 110 Å². The van der Waals surface area contributed by atoms with E-state index < -0.39 is 17.4 Å². The van der Waals surface area contributed by atoms with Crippen LogP contribution in [-0.4, -0.2) is 59.6 Å². The zero-order valence-corrected chi connectivity index (χ0v) is 10.7. The molecule has 0 atom stereocenters. The van der Waals surface area contributed by atoms with Crippen molar-refractivity contribution in [2.75, 3.05) is 26.3 Å². The standard InChI is InChI=1S/C12H18N2O5/c15-9(8-14-5-1-2-10(14)16)13-12(11(17)18)3-6-19-7-4-12/h1-8H2,(H,13,15)(H,17,18). The highest BCUT2D eigenvalue weighted by Crippen LogP contribution is 2.21. The third kappa shape index (κ3) is 3.04. The maximum atomic E-state index is 11.9. The lowest BCUT2D eigenvalue weighted by molar-refractivity contribution is -0.152. The lowest BCUT2D eigenvalue weighted by Gasteiger charge is -2.34. The highest BCUT2D eigenvalue weighted by Gasteiger charge is 2.41. The van der Waals surface area contributed by atoms with E-state index in [0.717, 1.165) is 6.42 Å². The topological polar surface area (TPSA) is 95.9 Å². The first-order valence-corrected chi connectivity index (χ1v) is 6.43. The third-order valence-corrected chi connectivity index (χ3v) is 3.64. The van der Waals surface area contributed by atoms with Crippen molar-refractivity contribution in [3.05, 3.63) is 0 Å². The Kier molecular flexibility index (Phi) is 4.04. The fourth-order valence-electron chi connectivity index (χ4n) is 2.46. The molecule has 2 amide bonds. The van der Waals surface area contributed by atoms with Crippen molar-refractivity contribution in [1.29, 1.82) is 0 Å². The Hall–Kier alpha value is -1.63. The molecule has 7 heteroatoms. The lowest BCUT2D eigenvalue weighted by Crippen LogP contribution is -2.59. The molecule has 0 unspecified atom stereocenters. The molecule has 0 aromatic rings. The average Bonchev–Trinajstić information content (AvgIpc) is 2.76. The largest absolute Gasteiger partial charge is 0.480 e. The van der Waals surface area contributed by atoms with E-state index in [4.69, 9.17) is 4.74 Å². The van der Waals surface area contributed by atoms with Crippen LogP contribution in [0.15, 0.2) is 0 Å². The molecule has 19 heavy (non-hydrogen) atoms. The van der Waals surface area contributed by atoms with Crippen molar-refractivity contribution in [3.63, 3.8) is 0 Å². The zero-order valence-electron chi connectivity index (χ0n) is 10.7. The molecule has 2 aliphatic rings. The molecule has 2 N–H and O–H groups in total. The minimum atomic E-state index is -1.25. The monoisotopic (exact) mass is 270 g/mol. The molecule has 0 aliphatic carbocycles. The number of hydrogen-bond donors (Lipinski definition) is 2. The van der Waals surface area contributed by atoms with E-state index in [1.54, 1.807) is 0 Å². The van der Waals surface area contributed by atoms with Crippen molar-refractivity contribution in [2.45, 2.75) is 31.2 Å². The fourth-order valence-corrected chi connectivity index (χ4v) is 2.46. The summed E-state index contributed by atoms with van der Waals surface area (Å²) in [6, 6.07) is 0. The van der Waals surface area contributed by atoms with Gasteiger partial charge in [-0.15, -0.1) is 0 Å². The van der Waals surface area contributed by atoms with Crippen LogP contribution in [0.1, 0.15) is 25.7 Å². The predicted molar refractivity (Wildman–Crippen MR) is 64.4 cm³/mol. The van der Waals surface area contributed by atoms with E-state index in [1.165, 1.54) is 4.90 Å². The van der Waals surface area contributed by atoms with Crippen LogP contribution in [-0.2, 0) is 19.1 Å². The average molecular weight is 270 g/mol. The van der Waals surface area contributed by atoms with E-state index >= 15 is 0 Å². The smallest absolute Gasteiger partial charge is 0.329 e. The first kappa shape index (κ1) is 13.8. The van der Waals surface area contributed by atoms with Gasteiger partial charge in [-0.25, -0.2) is 4.79 Å². The van der Waals surface area contributed by atoms with Gasteiger partial charge in [0.1, 0.15) is 5.54 Å². The van der Waals surface area contributed by atoms with Crippen molar-refractivity contribution in [2.24, 2.45) is 0 Å². The number of ether oxygens (including phenoxy) is 1. The number of nitrogens with zero attached hydrogens (tertiary/aromatic N) is 1. The molecule has 2 rings (SSSR count). The van der Waals surface area contributed by atoms with Gasteiger partial charge in [0.25, 0.3) is 0 Å². The molecule has 0 radical (unpaired) electrons. The normalized spacial score (nSPS) is 22.3. The second-order valence-electron chi connectivity index (χ2n) is 4.97. The molecule has 2 aliphatic heterocycles. The van der Waals surface area contributed by atoms with Crippen LogP contribution < -0.4 is 5.32 Å². The van der Waals surface area contributed by atoms with E-state index in [-0.39, 0.29) is 25.3 Å². The summed E-state index contributed by atoms with van der Waals surface area (Å²) in [5.74, 6) is -1.51. The Morgan fingerprint density at radius 3 is 2.58 bits per heavy atom. The van der Waals surface area contributed by atoms with E-state index in [1.807, 2.05) is 0 Å². The molecular weight excluding hydrogens is 252 g/mol. The summed E-state index contributed by atoms with van der Waals surface area (Å²) in [7, 11) is 0. The molecule has 2 heterocycles. The number of amides is 2. The van der Waals surface area contributed by atoms with Crippen molar-refractivity contribution < 1.29 is 24.2 Å². The summed E-state index contributed by atoms with van der Waals surface area (Å²) >= 11 is 0.